The van der Waals surface area contributed by atoms with Crippen LogP contribution in [0.15, 0.2) is 0 Å². The first-order valence-electron chi connectivity index (χ1n) is 10.4. The number of hydrogen-bond donors (Lipinski definition) is 2. The predicted octanol–water partition coefficient (Wildman–Crippen LogP) is 3.73. The first kappa shape index (κ1) is 17.7. The molecule has 1 aromatic heterocycles. The Morgan fingerprint density at radius 2 is 2.00 bits per heavy atom. The lowest BCUT2D eigenvalue weighted by atomic mass is 9.69. The first-order valence-corrected chi connectivity index (χ1v) is 11.2. The Hall–Kier alpha value is -1.40. The molecule has 0 spiro atoms. The molecule has 2 amide bonds. The standard InChI is InChI=1S/C21H28N2O3S/c1-2-4-22-18(24)17-15-3-5-26-11-16(15)27-19(17)23-20(25)21-8-12-6-13(9-21)14(7-12)10-21/h12-14H,2-11H2,1H3,(H,22,24)(H,23,25). The van der Waals surface area contributed by atoms with E-state index in [1.807, 2.05) is 6.92 Å². The lowest BCUT2D eigenvalue weighted by Gasteiger charge is -2.36. The van der Waals surface area contributed by atoms with Crippen molar-refractivity contribution in [3.63, 3.8) is 0 Å². The fourth-order valence-corrected chi connectivity index (χ4v) is 7.39. The van der Waals surface area contributed by atoms with Gasteiger partial charge in [0.05, 0.1) is 24.2 Å². The predicted molar refractivity (Wildman–Crippen MR) is 105 cm³/mol. The normalized spacial score (nSPS) is 33.1. The topological polar surface area (TPSA) is 67.4 Å². The van der Waals surface area contributed by atoms with E-state index in [1.54, 1.807) is 0 Å². The van der Waals surface area contributed by atoms with E-state index in [-0.39, 0.29) is 17.2 Å². The molecule has 2 atom stereocenters. The zero-order valence-corrected chi connectivity index (χ0v) is 16.8. The van der Waals surface area contributed by atoms with Crippen LogP contribution in [0.4, 0.5) is 5.00 Å². The molecule has 4 aliphatic carbocycles. The van der Waals surface area contributed by atoms with Crippen LogP contribution in [0.5, 0.6) is 0 Å². The quantitative estimate of drug-likeness (QED) is 0.808. The number of thiophene rings is 1. The fourth-order valence-electron chi connectivity index (χ4n) is 6.21. The lowest BCUT2D eigenvalue weighted by molar-refractivity contribution is -0.128. The number of nitrogens with one attached hydrogen (secondary N) is 2. The third kappa shape index (κ3) is 2.83. The summed E-state index contributed by atoms with van der Waals surface area (Å²) in [5.41, 5.74) is 1.57. The minimum Gasteiger partial charge on any atom is -0.376 e. The number of ether oxygens (including phenoxy) is 1. The van der Waals surface area contributed by atoms with Gasteiger partial charge in [-0.1, -0.05) is 6.92 Å². The zero-order chi connectivity index (χ0) is 18.6. The first-order chi connectivity index (χ1) is 13.1. The van der Waals surface area contributed by atoms with E-state index in [2.05, 4.69) is 10.6 Å². The molecule has 6 heteroatoms. The molecule has 0 saturated heterocycles. The third-order valence-electron chi connectivity index (χ3n) is 7.22. The van der Waals surface area contributed by atoms with Gasteiger partial charge in [-0.3, -0.25) is 9.59 Å². The minimum atomic E-state index is -0.186. The van der Waals surface area contributed by atoms with Crippen molar-refractivity contribution in [2.24, 2.45) is 23.2 Å². The Bertz CT molecular complexity index is 767. The van der Waals surface area contributed by atoms with Gasteiger partial charge in [0.25, 0.3) is 5.91 Å². The number of hydrogen-bond acceptors (Lipinski definition) is 4. The molecule has 6 rings (SSSR count). The number of fused-ring (bicyclic) bond motifs is 1. The maximum Gasteiger partial charge on any atom is 0.254 e. The molecule has 1 aromatic rings. The molecule has 0 aromatic carbocycles. The van der Waals surface area contributed by atoms with Gasteiger partial charge in [0.2, 0.25) is 5.91 Å². The zero-order valence-electron chi connectivity index (χ0n) is 15.9. The maximum atomic E-state index is 13.3. The van der Waals surface area contributed by atoms with Crippen LogP contribution in [0.3, 0.4) is 0 Å². The number of amides is 2. The van der Waals surface area contributed by atoms with Crippen molar-refractivity contribution in [3.8, 4) is 0 Å². The van der Waals surface area contributed by atoms with Crippen LogP contribution < -0.4 is 10.6 Å². The van der Waals surface area contributed by atoms with E-state index in [0.29, 0.717) is 25.3 Å². The van der Waals surface area contributed by atoms with Crippen molar-refractivity contribution in [1.82, 2.24) is 5.32 Å². The van der Waals surface area contributed by atoms with Crippen LogP contribution in [0.2, 0.25) is 0 Å². The summed E-state index contributed by atoms with van der Waals surface area (Å²) in [7, 11) is 0. The molecule has 4 bridgehead atoms. The molecule has 2 heterocycles. The average molecular weight is 389 g/mol. The summed E-state index contributed by atoms with van der Waals surface area (Å²) in [5, 5.41) is 6.95. The van der Waals surface area contributed by atoms with Crippen LogP contribution in [-0.4, -0.2) is 25.0 Å². The highest BCUT2D eigenvalue weighted by Crippen LogP contribution is 2.64. The molecular formula is C21H28N2O3S. The SMILES string of the molecule is CCCNC(=O)c1c(NC(=O)C23CC4CC(C2)C(C4)C3)sc2c1CCOC2. The molecule has 2 unspecified atom stereocenters. The van der Waals surface area contributed by atoms with E-state index in [4.69, 9.17) is 4.74 Å². The Balaban J connectivity index is 1.42. The van der Waals surface area contributed by atoms with Crippen LogP contribution in [0.1, 0.15) is 66.2 Å². The Morgan fingerprint density at radius 3 is 2.70 bits per heavy atom. The summed E-state index contributed by atoms with van der Waals surface area (Å²) < 4.78 is 5.58. The summed E-state index contributed by atoms with van der Waals surface area (Å²) >= 11 is 1.53. The van der Waals surface area contributed by atoms with Crippen molar-refractivity contribution in [2.45, 2.75) is 58.5 Å². The second-order valence-corrected chi connectivity index (χ2v) is 10.1. The Morgan fingerprint density at radius 1 is 1.22 bits per heavy atom. The van der Waals surface area contributed by atoms with Crippen molar-refractivity contribution < 1.29 is 14.3 Å². The molecule has 146 valence electrons. The Labute approximate surface area is 164 Å². The number of anilines is 1. The highest BCUT2D eigenvalue weighted by molar-refractivity contribution is 7.17. The Kier molecular flexibility index (Phi) is 4.32. The summed E-state index contributed by atoms with van der Waals surface area (Å²) in [6.07, 6.45) is 7.43. The van der Waals surface area contributed by atoms with Gasteiger partial charge in [-0.2, -0.15) is 0 Å². The summed E-state index contributed by atoms with van der Waals surface area (Å²) in [5.74, 6) is 2.35. The van der Waals surface area contributed by atoms with E-state index < -0.39 is 0 Å². The molecule has 4 saturated carbocycles. The van der Waals surface area contributed by atoms with Gasteiger partial charge in [0.15, 0.2) is 0 Å². The van der Waals surface area contributed by atoms with Crippen LogP contribution >= 0.6 is 11.3 Å². The van der Waals surface area contributed by atoms with E-state index in [0.717, 1.165) is 65.3 Å². The van der Waals surface area contributed by atoms with Gasteiger partial charge >= 0.3 is 0 Å². The van der Waals surface area contributed by atoms with E-state index >= 15 is 0 Å². The molecule has 5 nitrogen and oxygen atoms in total. The number of rotatable bonds is 5. The van der Waals surface area contributed by atoms with Crippen LogP contribution in [0, 0.1) is 23.2 Å². The highest BCUT2D eigenvalue weighted by Gasteiger charge is 2.59. The minimum absolute atomic E-state index is 0.0557. The third-order valence-corrected chi connectivity index (χ3v) is 8.34. The van der Waals surface area contributed by atoms with Crippen LogP contribution in [0.25, 0.3) is 0 Å². The van der Waals surface area contributed by atoms with E-state index in [9.17, 15) is 9.59 Å². The summed E-state index contributed by atoms with van der Waals surface area (Å²) in [4.78, 5) is 27.3. The molecule has 5 aliphatic rings. The second-order valence-electron chi connectivity index (χ2n) is 8.97. The van der Waals surface area contributed by atoms with Crippen molar-refractivity contribution in [2.75, 3.05) is 18.5 Å². The van der Waals surface area contributed by atoms with Gasteiger partial charge in [0, 0.05) is 11.4 Å². The van der Waals surface area contributed by atoms with Gasteiger partial charge in [-0.05, 0) is 68.3 Å². The fraction of sp³-hybridized carbons (Fsp3) is 0.714. The lowest BCUT2D eigenvalue weighted by Crippen LogP contribution is -2.39. The molecular weight excluding hydrogens is 360 g/mol. The van der Waals surface area contributed by atoms with Gasteiger partial charge in [0.1, 0.15) is 5.00 Å². The molecule has 0 radical (unpaired) electrons. The number of carbonyl (C=O) groups excluding carboxylic acids is 2. The summed E-state index contributed by atoms with van der Waals surface area (Å²) in [6, 6.07) is 0. The van der Waals surface area contributed by atoms with Crippen LogP contribution in [-0.2, 0) is 22.6 Å². The highest BCUT2D eigenvalue weighted by atomic mass is 32.1. The largest absolute Gasteiger partial charge is 0.376 e. The van der Waals surface area contributed by atoms with E-state index in [1.165, 1.54) is 24.2 Å². The van der Waals surface area contributed by atoms with Crippen molar-refractivity contribution in [1.29, 1.82) is 0 Å². The number of carbonyl (C=O) groups is 2. The molecule has 1 aliphatic heterocycles. The smallest absolute Gasteiger partial charge is 0.254 e. The maximum absolute atomic E-state index is 13.3. The average Bonchev–Trinajstić information content (AvgIpc) is 3.24. The van der Waals surface area contributed by atoms with Gasteiger partial charge < -0.3 is 15.4 Å². The van der Waals surface area contributed by atoms with Crippen molar-refractivity contribution >= 4 is 28.2 Å². The summed E-state index contributed by atoms with van der Waals surface area (Å²) in [6.45, 7) is 3.88. The molecule has 2 N–H and O–H groups in total. The van der Waals surface area contributed by atoms with Crippen molar-refractivity contribution in [3.05, 3.63) is 16.0 Å². The van der Waals surface area contributed by atoms with Gasteiger partial charge in [-0.15, -0.1) is 11.3 Å². The molecule has 27 heavy (non-hydrogen) atoms. The second kappa shape index (κ2) is 6.59. The van der Waals surface area contributed by atoms with Gasteiger partial charge in [-0.25, -0.2) is 0 Å². The monoisotopic (exact) mass is 388 g/mol. The molecule has 4 fully saturated rings.